The monoisotopic (exact) mass is 224 g/mol. The summed E-state index contributed by atoms with van der Waals surface area (Å²) in [7, 11) is 0. The van der Waals surface area contributed by atoms with E-state index in [1.165, 1.54) is 0 Å². The molecule has 0 aliphatic heterocycles. The number of allylic oxidation sites excluding steroid dienone is 6. The number of rotatable bonds is 3. The summed E-state index contributed by atoms with van der Waals surface area (Å²) in [4.78, 5) is 21.2. The Labute approximate surface area is 100.0 Å². The van der Waals surface area contributed by atoms with Gasteiger partial charge in [0.2, 0.25) is 0 Å². The molecule has 0 spiro atoms. The van der Waals surface area contributed by atoms with E-state index < -0.39 is 0 Å². The Morgan fingerprint density at radius 1 is 0.882 bits per heavy atom. The quantitative estimate of drug-likeness (QED) is 0.740. The van der Waals surface area contributed by atoms with E-state index in [0.717, 1.165) is 30.1 Å². The number of aldehydes is 2. The number of hydrogen-bond acceptors (Lipinski definition) is 2. The topological polar surface area (TPSA) is 34.1 Å². The van der Waals surface area contributed by atoms with Gasteiger partial charge in [-0.2, -0.15) is 0 Å². The minimum absolute atomic E-state index is 0.665. The Morgan fingerprint density at radius 3 is 2.29 bits per heavy atom. The molecule has 0 N–H and O–H groups in total. The van der Waals surface area contributed by atoms with E-state index in [1.54, 1.807) is 18.2 Å². The molecule has 1 aliphatic carbocycles. The van der Waals surface area contributed by atoms with Crippen molar-refractivity contribution in [3.05, 3.63) is 65.3 Å². The first-order chi connectivity index (χ1) is 8.33. The van der Waals surface area contributed by atoms with Gasteiger partial charge in [-0.3, -0.25) is 9.59 Å². The van der Waals surface area contributed by atoms with Gasteiger partial charge in [-0.15, -0.1) is 0 Å². The summed E-state index contributed by atoms with van der Waals surface area (Å²) in [5.74, 6) is 0. The van der Waals surface area contributed by atoms with Gasteiger partial charge in [-0.25, -0.2) is 0 Å². The zero-order valence-electron chi connectivity index (χ0n) is 9.30. The van der Waals surface area contributed by atoms with Crippen LogP contribution in [0, 0.1) is 0 Å². The van der Waals surface area contributed by atoms with Crippen molar-refractivity contribution in [1.29, 1.82) is 0 Å². The van der Waals surface area contributed by atoms with E-state index in [1.807, 2.05) is 24.3 Å². The van der Waals surface area contributed by atoms with Gasteiger partial charge < -0.3 is 0 Å². The molecule has 1 aromatic carbocycles. The average Bonchev–Trinajstić information content (AvgIpc) is 2.64. The molecule has 0 saturated heterocycles. The molecule has 0 radical (unpaired) electrons. The zero-order chi connectivity index (χ0) is 12.1. The Morgan fingerprint density at radius 2 is 1.65 bits per heavy atom. The minimum atomic E-state index is 0.665. The van der Waals surface area contributed by atoms with E-state index >= 15 is 0 Å². The Kier molecular flexibility index (Phi) is 3.46. The summed E-state index contributed by atoms with van der Waals surface area (Å²) in [6.45, 7) is 0. The van der Waals surface area contributed by atoms with Crippen LogP contribution in [0.1, 0.15) is 22.3 Å². The van der Waals surface area contributed by atoms with Crippen molar-refractivity contribution < 1.29 is 9.59 Å². The maximum Gasteiger partial charge on any atom is 0.150 e. The van der Waals surface area contributed by atoms with Gasteiger partial charge in [-0.1, -0.05) is 48.6 Å². The molecule has 0 amide bonds. The number of benzene rings is 1. The van der Waals surface area contributed by atoms with Crippen LogP contribution in [0.4, 0.5) is 0 Å². The second-order valence-corrected chi connectivity index (χ2v) is 3.79. The lowest BCUT2D eigenvalue weighted by molar-refractivity contribution is -0.104. The molecule has 2 heteroatoms. The summed E-state index contributed by atoms with van der Waals surface area (Å²) in [5, 5.41) is 0. The van der Waals surface area contributed by atoms with Gasteiger partial charge in [-0.05, 0) is 17.6 Å². The second-order valence-electron chi connectivity index (χ2n) is 3.79. The molecule has 2 rings (SSSR count). The van der Waals surface area contributed by atoms with Crippen LogP contribution in [0.15, 0.2) is 54.1 Å². The first kappa shape index (κ1) is 11.3. The van der Waals surface area contributed by atoms with E-state index in [-0.39, 0.29) is 0 Å². The van der Waals surface area contributed by atoms with Gasteiger partial charge in [0.1, 0.15) is 12.6 Å². The number of carbonyl (C=O) groups is 2. The molecule has 0 heterocycles. The SMILES string of the molecule is O=CC1=CCC=C(c2ccc(C=O)cc2)C=C1. The molecular weight excluding hydrogens is 212 g/mol. The van der Waals surface area contributed by atoms with Crippen LogP contribution in [0.5, 0.6) is 0 Å². The Balaban J connectivity index is 2.26. The Bertz CT molecular complexity index is 516. The third kappa shape index (κ3) is 2.67. The van der Waals surface area contributed by atoms with E-state index in [2.05, 4.69) is 6.08 Å². The standard InChI is InChI=1S/C15H12O2/c16-10-12-2-1-3-14(7-4-12)15-8-5-13(11-17)6-9-15/h2-11H,1H2. The van der Waals surface area contributed by atoms with Crippen LogP contribution in [-0.2, 0) is 4.79 Å². The molecule has 0 bridgehead atoms. The van der Waals surface area contributed by atoms with E-state index in [0.29, 0.717) is 11.1 Å². The molecule has 0 atom stereocenters. The molecule has 17 heavy (non-hydrogen) atoms. The summed E-state index contributed by atoms with van der Waals surface area (Å²) in [5.41, 5.74) is 3.47. The molecular formula is C15H12O2. The summed E-state index contributed by atoms with van der Waals surface area (Å²) >= 11 is 0. The van der Waals surface area contributed by atoms with Crippen molar-refractivity contribution >= 4 is 18.1 Å². The van der Waals surface area contributed by atoms with Gasteiger partial charge in [0.25, 0.3) is 0 Å². The fourth-order valence-electron chi connectivity index (χ4n) is 1.70. The fraction of sp³-hybridized carbons (Fsp3) is 0.0667. The highest BCUT2D eigenvalue weighted by Crippen LogP contribution is 2.20. The highest BCUT2D eigenvalue weighted by Gasteiger charge is 2.01. The summed E-state index contributed by atoms with van der Waals surface area (Å²) in [6.07, 6.45) is 10.1. The summed E-state index contributed by atoms with van der Waals surface area (Å²) in [6, 6.07) is 7.39. The highest BCUT2D eigenvalue weighted by molar-refractivity contribution is 5.83. The van der Waals surface area contributed by atoms with Crippen LogP contribution in [-0.4, -0.2) is 12.6 Å². The van der Waals surface area contributed by atoms with Crippen molar-refractivity contribution in [3.8, 4) is 0 Å². The van der Waals surface area contributed by atoms with Crippen LogP contribution < -0.4 is 0 Å². The van der Waals surface area contributed by atoms with Crippen molar-refractivity contribution in [3.63, 3.8) is 0 Å². The lowest BCUT2D eigenvalue weighted by Gasteiger charge is -2.01. The molecule has 0 unspecified atom stereocenters. The molecule has 1 aliphatic rings. The van der Waals surface area contributed by atoms with Gasteiger partial charge in [0.05, 0.1) is 0 Å². The maximum absolute atomic E-state index is 10.7. The normalized spacial score (nSPS) is 14.6. The van der Waals surface area contributed by atoms with Crippen molar-refractivity contribution in [2.45, 2.75) is 6.42 Å². The first-order valence-corrected chi connectivity index (χ1v) is 5.42. The van der Waals surface area contributed by atoms with Crippen molar-refractivity contribution in [2.75, 3.05) is 0 Å². The summed E-state index contributed by atoms with van der Waals surface area (Å²) < 4.78 is 0. The number of carbonyl (C=O) groups excluding carboxylic acids is 2. The van der Waals surface area contributed by atoms with Gasteiger partial charge in [0, 0.05) is 11.1 Å². The van der Waals surface area contributed by atoms with Crippen LogP contribution >= 0.6 is 0 Å². The molecule has 84 valence electrons. The molecule has 0 saturated carbocycles. The van der Waals surface area contributed by atoms with E-state index in [4.69, 9.17) is 0 Å². The molecule has 0 fully saturated rings. The molecule has 0 aromatic heterocycles. The van der Waals surface area contributed by atoms with Crippen molar-refractivity contribution in [1.82, 2.24) is 0 Å². The second kappa shape index (κ2) is 5.21. The van der Waals surface area contributed by atoms with E-state index in [9.17, 15) is 9.59 Å². The lowest BCUT2D eigenvalue weighted by atomic mass is 10.0. The fourth-order valence-corrected chi connectivity index (χ4v) is 1.70. The lowest BCUT2D eigenvalue weighted by Crippen LogP contribution is -1.83. The third-order valence-electron chi connectivity index (χ3n) is 2.66. The predicted molar refractivity (Wildman–Crippen MR) is 67.7 cm³/mol. The van der Waals surface area contributed by atoms with Crippen molar-refractivity contribution in [2.24, 2.45) is 0 Å². The number of hydrogen-bond donors (Lipinski definition) is 0. The van der Waals surface area contributed by atoms with Gasteiger partial charge >= 0.3 is 0 Å². The maximum atomic E-state index is 10.7. The molecule has 2 nitrogen and oxygen atoms in total. The molecule has 1 aromatic rings. The largest absolute Gasteiger partial charge is 0.298 e. The highest BCUT2D eigenvalue weighted by atomic mass is 16.1. The zero-order valence-corrected chi connectivity index (χ0v) is 9.30. The predicted octanol–water partition coefficient (Wildman–Crippen LogP) is 2.97. The first-order valence-electron chi connectivity index (χ1n) is 5.42. The third-order valence-corrected chi connectivity index (χ3v) is 2.66. The van der Waals surface area contributed by atoms with Crippen LogP contribution in [0.3, 0.4) is 0 Å². The van der Waals surface area contributed by atoms with Gasteiger partial charge in [0.15, 0.2) is 0 Å². The minimum Gasteiger partial charge on any atom is -0.298 e. The Hall–Kier alpha value is -2.22. The smallest absolute Gasteiger partial charge is 0.150 e. The van der Waals surface area contributed by atoms with Crippen LogP contribution in [0.2, 0.25) is 0 Å². The van der Waals surface area contributed by atoms with Crippen LogP contribution in [0.25, 0.3) is 5.57 Å². The average molecular weight is 224 g/mol.